The average Bonchev–Trinajstić information content (AvgIpc) is 2.87. The van der Waals surface area contributed by atoms with Gasteiger partial charge in [-0.05, 0) is 28.3 Å². The van der Waals surface area contributed by atoms with Gasteiger partial charge in [-0.15, -0.1) is 0 Å². The summed E-state index contributed by atoms with van der Waals surface area (Å²) in [6.07, 6.45) is 0.740. The van der Waals surface area contributed by atoms with E-state index in [0.717, 1.165) is 17.5 Å². The van der Waals surface area contributed by atoms with Crippen molar-refractivity contribution in [1.29, 1.82) is 0 Å². The number of anilines is 1. The van der Waals surface area contributed by atoms with Crippen LogP contribution in [-0.4, -0.2) is 16.8 Å². The van der Waals surface area contributed by atoms with Crippen LogP contribution in [0.3, 0.4) is 0 Å². The third-order valence-electron chi connectivity index (χ3n) is 3.53. The molecule has 0 saturated heterocycles. The lowest BCUT2D eigenvalue weighted by molar-refractivity contribution is -0.118. The van der Waals surface area contributed by atoms with Gasteiger partial charge in [0.05, 0.1) is 0 Å². The molecular formula is C16H12Cl2N2O2. The maximum atomic E-state index is 11.8. The number of rotatable bonds is 2. The molecule has 2 aromatic carbocycles. The summed E-state index contributed by atoms with van der Waals surface area (Å²) in [6, 6.07) is 13.1. The van der Waals surface area contributed by atoms with Gasteiger partial charge in [0.15, 0.2) is 4.84 Å². The minimum absolute atomic E-state index is 0.652. The van der Waals surface area contributed by atoms with Gasteiger partial charge < -0.3 is 5.32 Å². The Hall–Kier alpha value is -2.04. The lowest BCUT2D eigenvalue weighted by Crippen LogP contribution is -2.37. The number of nitrogens with one attached hydrogen (secondary N) is 2. The van der Waals surface area contributed by atoms with Gasteiger partial charge in [-0.2, -0.15) is 0 Å². The highest BCUT2D eigenvalue weighted by atomic mass is 35.5. The highest BCUT2D eigenvalue weighted by molar-refractivity contribution is 6.54. The second kappa shape index (κ2) is 5.99. The van der Waals surface area contributed by atoms with Crippen molar-refractivity contribution in [3.8, 4) is 11.1 Å². The molecule has 0 atom stereocenters. The second-order valence-electron chi connectivity index (χ2n) is 4.91. The Morgan fingerprint density at radius 1 is 1.00 bits per heavy atom. The fraction of sp³-hybridized carbons (Fsp3) is 0.125. The Balaban J connectivity index is 1.83. The number of alkyl halides is 2. The summed E-state index contributed by atoms with van der Waals surface area (Å²) in [5, 5.41) is 4.76. The van der Waals surface area contributed by atoms with E-state index >= 15 is 0 Å². The molecule has 112 valence electrons. The Morgan fingerprint density at radius 2 is 1.73 bits per heavy atom. The first-order valence-electron chi connectivity index (χ1n) is 6.66. The van der Waals surface area contributed by atoms with E-state index in [-0.39, 0.29) is 0 Å². The second-order valence-corrected chi connectivity index (χ2v) is 6.01. The van der Waals surface area contributed by atoms with Gasteiger partial charge in [-0.1, -0.05) is 59.6 Å². The Kier molecular flexibility index (Phi) is 4.05. The molecule has 3 amide bonds. The number of amides is 3. The number of carbonyl (C=O) groups excluding carboxylic acids is 2. The number of fused-ring (bicyclic) bond motifs is 3. The zero-order valence-corrected chi connectivity index (χ0v) is 12.9. The molecule has 6 heteroatoms. The minimum atomic E-state index is -1.28. The standard InChI is InChI=1S/C16H12Cl2N2O2/c17-14(18)15(21)20-16(22)19-13-7-3-6-11-10-5-2-1-4-9(10)8-12(11)13/h1-7,14H,8H2,(H2,19,20,21,22). The Bertz CT molecular complexity index is 760. The number of carbonyl (C=O) groups is 2. The summed E-state index contributed by atoms with van der Waals surface area (Å²) < 4.78 is 0. The van der Waals surface area contributed by atoms with E-state index in [4.69, 9.17) is 23.2 Å². The number of imide groups is 1. The van der Waals surface area contributed by atoms with Gasteiger partial charge in [0.2, 0.25) is 0 Å². The molecular weight excluding hydrogens is 323 g/mol. The zero-order chi connectivity index (χ0) is 15.7. The van der Waals surface area contributed by atoms with Crippen LogP contribution in [-0.2, 0) is 11.2 Å². The normalized spacial score (nSPS) is 11.8. The van der Waals surface area contributed by atoms with Gasteiger partial charge in [-0.25, -0.2) is 4.79 Å². The summed E-state index contributed by atoms with van der Waals surface area (Å²) >= 11 is 10.8. The van der Waals surface area contributed by atoms with E-state index < -0.39 is 16.8 Å². The number of urea groups is 1. The largest absolute Gasteiger partial charge is 0.325 e. The Labute approximate surface area is 137 Å². The summed E-state index contributed by atoms with van der Waals surface area (Å²) in [4.78, 5) is 21.9. The lowest BCUT2D eigenvalue weighted by Gasteiger charge is -2.11. The van der Waals surface area contributed by atoms with E-state index in [0.29, 0.717) is 5.69 Å². The predicted molar refractivity (Wildman–Crippen MR) is 87.3 cm³/mol. The third kappa shape index (κ3) is 2.80. The first-order valence-corrected chi connectivity index (χ1v) is 7.53. The molecule has 4 nitrogen and oxygen atoms in total. The van der Waals surface area contributed by atoms with Crippen LogP contribution in [0.1, 0.15) is 11.1 Å². The van der Waals surface area contributed by atoms with Crippen LogP contribution < -0.4 is 10.6 Å². The van der Waals surface area contributed by atoms with Crippen LogP contribution in [0, 0.1) is 0 Å². The Morgan fingerprint density at radius 3 is 2.50 bits per heavy atom. The van der Waals surface area contributed by atoms with Crippen molar-refractivity contribution in [1.82, 2.24) is 5.32 Å². The quantitative estimate of drug-likeness (QED) is 0.702. The van der Waals surface area contributed by atoms with Crippen LogP contribution in [0.4, 0.5) is 10.5 Å². The van der Waals surface area contributed by atoms with Gasteiger partial charge >= 0.3 is 6.03 Å². The van der Waals surface area contributed by atoms with Crippen molar-refractivity contribution < 1.29 is 9.59 Å². The van der Waals surface area contributed by atoms with Gasteiger partial charge in [0.25, 0.3) is 5.91 Å². The SMILES string of the molecule is O=C(NC(=O)C(Cl)Cl)Nc1cccc2c1Cc1ccccc1-2. The van der Waals surface area contributed by atoms with Crippen LogP contribution in [0.5, 0.6) is 0 Å². The number of benzene rings is 2. The summed E-state index contributed by atoms with van der Waals surface area (Å²) in [5.74, 6) is -0.753. The van der Waals surface area contributed by atoms with Crippen molar-refractivity contribution in [2.24, 2.45) is 0 Å². The molecule has 0 bridgehead atoms. The molecule has 0 fully saturated rings. The molecule has 3 rings (SSSR count). The summed E-state index contributed by atoms with van der Waals surface area (Å²) in [5.41, 5.74) is 5.16. The monoisotopic (exact) mass is 334 g/mol. The molecule has 0 aromatic heterocycles. The summed E-state index contributed by atoms with van der Waals surface area (Å²) in [6.45, 7) is 0. The van der Waals surface area contributed by atoms with E-state index in [9.17, 15) is 9.59 Å². The van der Waals surface area contributed by atoms with Crippen LogP contribution >= 0.6 is 23.2 Å². The average molecular weight is 335 g/mol. The molecule has 0 unspecified atom stereocenters. The number of hydrogen-bond donors (Lipinski definition) is 2. The minimum Gasteiger partial charge on any atom is -0.307 e. The molecule has 22 heavy (non-hydrogen) atoms. The van der Waals surface area contributed by atoms with Gasteiger partial charge in [0.1, 0.15) is 0 Å². The van der Waals surface area contributed by atoms with Crippen LogP contribution in [0.2, 0.25) is 0 Å². The molecule has 2 aromatic rings. The molecule has 0 spiro atoms. The molecule has 0 saturated carbocycles. The molecule has 0 aliphatic heterocycles. The molecule has 2 N–H and O–H groups in total. The van der Waals surface area contributed by atoms with Crippen molar-refractivity contribution >= 4 is 40.8 Å². The van der Waals surface area contributed by atoms with Crippen LogP contribution in [0.25, 0.3) is 11.1 Å². The third-order valence-corrected chi connectivity index (χ3v) is 3.93. The molecule has 0 heterocycles. The fourth-order valence-electron chi connectivity index (χ4n) is 2.59. The van der Waals surface area contributed by atoms with Crippen molar-refractivity contribution in [3.05, 3.63) is 53.6 Å². The predicted octanol–water partition coefficient (Wildman–Crippen LogP) is 3.71. The van der Waals surface area contributed by atoms with E-state index in [1.807, 2.05) is 24.3 Å². The maximum Gasteiger partial charge on any atom is 0.325 e. The smallest absolute Gasteiger partial charge is 0.307 e. The lowest BCUT2D eigenvalue weighted by atomic mass is 10.1. The maximum absolute atomic E-state index is 11.8. The van der Waals surface area contributed by atoms with E-state index in [2.05, 4.69) is 22.8 Å². The molecule has 1 aliphatic carbocycles. The topological polar surface area (TPSA) is 58.2 Å². The highest BCUT2D eigenvalue weighted by Gasteiger charge is 2.22. The van der Waals surface area contributed by atoms with E-state index in [1.165, 1.54) is 11.1 Å². The number of halogens is 2. The first-order chi connectivity index (χ1) is 10.6. The van der Waals surface area contributed by atoms with Crippen molar-refractivity contribution in [3.63, 3.8) is 0 Å². The van der Waals surface area contributed by atoms with Gasteiger partial charge in [-0.3, -0.25) is 10.1 Å². The highest BCUT2D eigenvalue weighted by Crippen LogP contribution is 2.39. The van der Waals surface area contributed by atoms with Crippen molar-refractivity contribution in [2.75, 3.05) is 5.32 Å². The molecule has 0 radical (unpaired) electrons. The zero-order valence-electron chi connectivity index (χ0n) is 11.4. The van der Waals surface area contributed by atoms with E-state index in [1.54, 1.807) is 6.07 Å². The summed E-state index contributed by atoms with van der Waals surface area (Å²) in [7, 11) is 0. The fourth-order valence-corrected chi connectivity index (χ4v) is 2.70. The number of hydrogen-bond acceptors (Lipinski definition) is 2. The molecule has 1 aliphatic rings. The first kappa shape index (κ1) is 14.9. The van der Waals surface area contributed by atoms with Crippen molar-refractivity contribution in [2.45, 2.75) is 11.3 Å². The van der Waals surface area contributed by atoms with Crippen LogP contribution in [0.15, 0.2) is 42.5 Å². The van der Waals surface area contributed by atoms with Gasteiger partial charge in [0, 0.05) is 12.1 Å².